The molecule has 1 aromatic carbocycles. The number of ether oxygens (including phenoxy) is 1. The quantitative estimate of drug-likeness (QED) is 0.610. The molecule has 7 nitrogen and oxygen atoms in total. The Morgan fingerprint density at radius 1 is 1.40 bits per heavy atom. The number of para-hydroxylation sites is 1. The number of morpholine rings is 1. The second kappa shape index (κ2) is 5.28. The molecule has 1 aliphatic heterocycles. The van der Waals surface area contributed by atoms with Gasteiger partial charge in [0.05, 0.1) is 24.7 Å². The van der Waals surface area contributed by atoms with Crippen molar-refractivity contribution in [1.82, 2.24) is 9.97 Å². The number of nitrogens with two attached hydrogens (primary N) is 1. The average molecular weight is 270 g/mol. The summed E-state index contributed by atoms with van der Waals surface area (Å²) in [4.78, 5) is 10.8. The van der Waals surface area contributed by atoms with E-state index in [4.69, 9.17) is 15.8 Å². The Morgan fingerprint density at radius 2 is 2.25 bits per heavy atom. The molecule has 3 N–H and O–H groups in total. The number of nitrogens with zero attached hydrogens (tertiary/aromatic N) is 4. The Morgan fingerprint density at radius 3 is 3.05 bits per heavy atom. The Labute approximate surface area is 115 Å². The SMILES string of the molecule is N#CC1CN(c2nc(NN)nc3ccccc23)CCO1. The van der Waals surface area contributed by atoms with E-state index >= 15 is 0 Å². The molecular weight excluding hydrogens is 256 g/mol. The molecule has 1 saturated heterocycles. The lowest BCUT2D eigenvalue weighted by atomic mass is 10.2. The fraction of sp³-hybridized carbons (Fsp3) is 0.308. The van der Waals surface area contributed by atoms with E-state index in [0.717, 1.165) is 16.7 Å². The van der Waals surface area contributed by atoms with Gasteiger partial charge >= 0.3 is 0 Å². The second-order valence-electron chi connectivity index (χ2n) is 4.47. The van der Waals surface area contributed by atoms with Crippen molar-refractivity contribution < 1.29 is 4.74 Å². The highest BCUT2D eigenvalue weighted by Crippen LogP contribution is 2.26. The minimum Gasteiger partial charge on any atom is -0.360 e. The van der Waals surface area contributed by atoms with E-state index < -0.39 is 6.10 Å². The molecule has 102 valence electrons. The first-order chi connectivity index (χ1) is 9.81. The molecule has 1 fully saturated rings. The molecule has 0 aliphatic carbocycles. The number of nitrogens with one attached hydrogen (secondary N) is 1. The lowest BCUT2D eigenvalue weighted by Crippen LogP contribution is -2.42. The maximum Gasteiger partial charge on any atom is 0.239 e. The monoisotopic (exact) mass is 270 g/mol. The second-order valence-corrected chi connectivity index (χ2v) is 4.47. The van der Waals surface area contributed by atoms with Gasteiger partial charge in [0, 0.05) is 11.9 Å². The molecule has 1 aliphatic rings. The van der Waals surface area contributed by atoms with Gasteiger partial charge in [0.15, 0.2) is 6.10 Å². The largest absolute Gasteiger partial charge is 0.360 e. The third kappa shape index (κ3) is 2.22. The van der Waals surface area contributed by atoms with Crippen molar-refractivity contribution >= 4 is 22.7 Å². The number of hydrazine groups is 1. The Balaban J connectivity index is 2.07. The minimum atomic E-state index is -0.438. The van der Waals surface area contributed by atoms with Crippen LogP contribution in [-0.4, -0.2) is 35.8 Å². The molecule has 0 saturated carbocycles. The van der Waals surface area contributed by atoms with Crippen molar-refractivity contribution in [3.63, 3.8) is 0 Å². The molecule has 0 spiro atoms. The van der Waals surface area contributed by atoms with Gasteiger partial charge in [-0.05, 0) is 12.1 Å². The predicted octanol–water partition coefficient (Wildman–Crippen LogP) is 0.644. The molecule has 1 unspecified atom stereocenters. The van der Waals surface area contributed by atoms with Gasteiger partial charge in [-0.15, -0.1) is 0 Å². The smallest absolute Gasteiger partial charge is 0.239 e. The number of nitriles is 1. The topological polar surface area (TPSA) is 100 Å². The van der Waals surface area contributed by atoms with Crippen molar-refractivity contribution in [2.24, 2.45) is 5.84 Å². The molecule has 1 atom stereocenters. The first-order valence-electron chi connectivity index (χ1n) is 6.31. The van der Waals surface area contributed by atoms with E-state index in [1.807, 2.05) is 29.2 Å². The van der Waals surface area contributed by atoms with Crippen LogP contribution in [0.4, 0.5) is 11.8 Å². The highest BCUT2D eigenvalue weighted by Gasteiger charge is 2.23. The van der Waals surface area contributed by atoms with Crippen molar-refractivity contribution in [2.45, 2.75) is 6.10 Å². The summed E-state index contributed by atoms with van der Waals surface area (Å²) in [7, 11) is 0. The van der Waals surface area contributed by atoms with E-state index in [-0.39, 0.29) is 0 Å². The molecule has 20 heavy (non-hydrogen) atoms. The molecule has 0 radical (unpaired) electrons. The minimum absolute atomic E-state index is 0.360. The van der Waals surface area contributed by atoms with Gasteiger partial charge in [-0.3, -0.25) is 5.43 Å². The average Bonchev–Trinajstić information content (AvgIpc) is 2.53. The predicted molar refractivity (Wildman–Crippen MR) is 74.9 cm³/mol. The van der Waals surface area contributed by atoms with Gasteiger partial charge in [-0.25, -0.2) is 10.8 Å². The van der Waals surface area contributed by atoms with Crippen LogP contribution >= 0.6 is 0 Å². The number of rotatable bonds is 2. The molecule has 0 amide bonds. The van der Waals surface area contributed by atoms with Crippen molar-refractivity contribution in [3.8, 4) is 6.07 Å². The highest BCUT2D eigenvalue weighted by molar-refractivity contribution is 5.90. The summed E-state index contributed by atoms with van der Waals surface area (Å²) in [6.45, 7) is 1.67. The number of fused-ring (bicyclic) bond motifs is 1. The summed E-state index contributed by atoms with van der Waals surface area (Å²) in [5, 5.41) is 9.94. The van der Waals surface area contributed by atoms with Gasteiger partial charge in [0.25, 0.3) is 0 Å². The molecule has 1 aromatic heterocycles. The van der Waals surface area contributed by atoms with Crippen LogP contribution in [0.3, 0.4) is 0 Å². The van der Waals surface area contributed by atoms with E-state index in [1.54, 1.807) is 0 Å². The zero-order chi connectivity index (χ0) is 13.9. The summed E-state index contributed by atoms with van der Waals surface area (Å²) in [5.74, 6) is 6.55. The molecular formula is C13H14N6O. The number of hydrogen-bond donors (Lipinski definition) is 2. The third-order valence-corrected chi connectivity index (χ3v) is 3.22. The highest BCUT2D eigenvalue weighted by atomic mass is 16.5. The van der Waals surface area contributed by atoms with Gasteiger partial charge in [0.2, 0.25) is 5.95 Å². The first-order valence-corrected chi connectivity index (χ1v) is 6.31. The van der Waals surface area contributed by atoms with Crippen LogP contribution in [-0.2, 0) is 4.74 Å². The zero-order valence-electron chi connectivity index (χ0n) is 10.8. The number of aromatic nitrogens is 2. The molecule has 2 aromatic rings. The number of hydrogen-bond acceptors (Lipinski definition) is 7. The standard InChI is InChI=1S/C13H14N6O/c14-7-9-8-19(5-6-20-9)12-10-3-1-2-4-11(10)16-13(17-12)18-15/h1-4,9H,5-6,8,15H2,(H,16,17,18). The molecule has 3 rings (SSSR count). The van der Waals surface area contributed by atoms with Crippen LogP contribution in [0.1, 0.15) is 0 Å². The van der Waals surface area contributed by atoms with E-state index in [1.165, 1.54) is 0 Å². The normalized spacial score (nSPS) is 18.8. The van der Waals surface area contributed by atoms with Crippen molar-refractivity contribution in [2.75, 3.05) is 30.0 Å². The zero-order valence-corrected chi connectivity index (χ0v) is 10.8. The van der Waals surface area contributed by atoms with E-state index in [9.17, 15) is 0 Å². The third-order valence-electron chi connectivity index (χ3n) is 3.22. The summed E-state index contributed by atoms with van der Waals surface area (Å²) in [5.41, 5.74) is 3.29. The Bertz CT molecular complexity index is 667. The Kier molecular flexibility index (Phi) is 3.33. The maximum atomic E-state index is 9.00. The van der Waals surface area contributed by atoms with E-state index in [0.29, 0.717) is 25.6 Å². The molecule has 0 bridgehead atoms. The van der Waals surface area contributed by atoms with Crippen LogP contribution in [0, 0.1) is 11.3 Å². The maximum absolute atomic E-state index is 9.00. The fourth-order valence-electron chi connectivity index (χ4n) is 2.29. The van der Waals surface area contributed by atoms with Crippen LogP contribution in [0.2, 0.25) is 0 Å². The Hall–Kier alpha value is -2.43. The van der Waals surface area contributed by atoms with Gasteiger partial charge in [-0.1, -0.05) is 12.1 Å². The summed E-state index contributed by atoms with van der Waals surface area (Å²) >= 11 is 0. The van der Waals surface area contributed by atoms with Gasteiger partial charge < -0.3 is 9.64 Å². The van der Waals surface area contributed by atoms with Gasteiger partial charge in [-0.2, -0.15) is 10.2 Å². The first kappa shape index (κ1) is 12.6. The lowest BCUT2D eigenvalue weighted by molar-refractivity contribution is 0.0762. The fourth-order valence-corrected chi connectivity index (χ4v) is 2.29. The lowest BCUT2D eigenvalue weighted by Gasteiger charge is -2.31. The number of anilines is 2. The summed E-state index contributed by atoms with van der Waals surface area (Å²) in [6, 6.07) is 9.85. The molecule has 2 heterocycles. The van der Waals surface area contributed by atoms with Crippen molar-refractivity contribution in [1.29, 1.82) is 5.26 Å². The van der Waals surface area contributed by atoms with Crippen LogP contribution in [0.15, 0.2) is 24.3 Å². The van der Waals surface area contributed by atoms with Crippen LogP contribution in [0.5, 0.6) is 0 Å². The number of benzene rings is 1. The summed E-state index contributed by atoms with van der Waals surface area (Å²) in [6.07, 6.45) is -0.438. The number of nitrogen functional groups attached to an aromatic ring is 1. The van der Waals surface area contributed by atoms with E-state index in [2.05, 4.69) is 21.5 Å². The summed E-state index contributed by atoms with van der Waals surface area (Å²) < 4.78 is 5.36. The van der Waals surface area contributed by atoms with Gasteiger partial charge in [0.1, 0.15) is 5.82 Å². The van der Waals surface area contributed by atoms with Crippen LogP contribution in [0.25, 0.3) is 10.9 Å². The molecule has 7 heteroatoms. The van der Waals surface area contributed by atoms with Crippen molar-refractivity contribution in [3.05, 3.63) is 24.3 Å². The van der Waals surface area contributed by atoms with Crippen LogP contribution < -0.4 is 16.2 Å².